The summed E-state index contributed by atoms with van der Waals surface area (Å²) < 4.78 is 27.0. The molecule has 6 nitrogen and oxygen atoms in total. The summed E-state index contributed by atoms with van der Waals surface area (Å²) in [6, 6.07) is 6.67. The monoisotopic (exact) mass is 401 g/mol. The molecule has 2 saturated heterocycles. The van der Waals surface area contributed by atoms with Crippen molar-refractivity contribution >= 4 is 28.3 Å². The van der Waals surface area contributed by atoms with Gasteiger partial charge in [-0.15, -0.1) is 12.4 Å². The number of hydrogen-bond donors (Lipinski definition) is 1. The first-order chi connectivity index (χ1) is 11.9. The van der Waals surface area contributed by atoms with Crippen LogP contribution in [-0.2, 0) is 10.0 Å². The Morgan fingerprint density at radius 2 is 1.69 bits per heavy atom. The predicted octanol–water partition coefficient (Wildman–Crippen LogP) is 1.96. The summed E-state index contributed by atoms with van der Waals surface area (Å²) in [6.45, 7) is 7.48. The molecule has 1 amide bonds. The molecule has 8 heteroatoms. The van der Waals surface area contributed by atoms with Gasteiger partial charge in [0.2, 0.25) is 10.0 Å². The zero-order valence-corrected chi connectivity index (χ0v) is 17.0. The Morgan fingerprint density at radius 3 is 2.27 bits per heavy atom. The van der Waals surface area contributed by atoms with Crippen LogP contribution in [0.2, 0.25) is 0 Å². The molecule has 26 heavy (non-hydrogen) atoms. The fourth-order valence-corrected chi connectivity index (χ4v) is 4.91. The smallest absolute Gasteiger partial charge is 0.253 e. The number of sulfonamides is 1. The summed E-state index contributed by atoms with van der Waals surface area (Å²) in [5.41, 5.74) is 0.542. The van der Waals surface area contributed by atoms with Crippen LogP contribution in [0.5, 0.6) is 0 Å². The third-order valence-corrected chi connectivity index (χ3v) is 7.05. The molecule has 2 aliphatic rings. The number of carbonyl (C=O) groups is 1. The van der Waals surface area contributed by atoms with E-state index in [0.29, 0.717) is 37.7 Å². The highest BCUT2D eigenvalue weighted by Gasteiger charge is 2.28. The first-order valence-corrected chi connectivity index (χ1v) is 10.4. The van der Waals surface area contributed by atoms with Crippen molar-refractivity contribution in [2.24, 2.45) is 5.92 Å². The molecule has 3 rings (SSSR count). The molecular weight excluding hydrogens is 374 g/mol. The SMILES string of the molecule is CC1CCN(S(=O)(=O)c2ccc(C(=O)N3CCNC(C)C3)cc2)CC1.Cl. The number of carbonyl (C=O) groups excluding carboxylic acids is 1. The first-order valence-electron chi connectivity index (χ1n) is 9.01. The van der Waals surface area contributed by atoms with E-state index in [0.717, 1.165) is 19.4 Å². The molecule has 1 N–H and O–H groups in total. The Hall–Kier alpha value is -1.15. The maximum atomic E-state index is 12.7. The summed E-state index contributed by atoms with van der Waals surface area (Å²) in [5.74, 6) is 0.539. The molecule has 0 aromatic heterocycles. The van der Waals surface area contributed by atoms with Gasteiger partial charge in [-0.3, -0.25) is 4.79 Å². The van der Waals surface area contributed by atoms with Crippen molar-refractivity contribution < 1.29 is 13.2 Å². The second-order valence-electron chi connectivity index (χ2n) is 7.22. The van der Waals surface area contributed by atoms with Gasteiger partial charge in [-0.25, -0.2) is 8.42 Å². The van der Waals surface area contributed by atoms with Crippen molar-refractivity contribution in [3.63, 3.8) is 0 Å². The van der Waals surface area contributed by atoms with E-state index in [1.807, 2.05) is 4.90 Å². The predicted molar refractivity (Wildman–Crippen MR) is 104 cm³/mol. The minimum Gasteiger partial charge on any atom is -0.336 e. The summed E-state index contributed by atoms with van der Waals surface area (Å²) in [6.07, 6.45) is 1.80. The van der Waals surface area contributed by atoms with Crippen LogP contribution < -0.4 is 5.32 Å². The number of piperazine rings is 1. The number of benzene rings is 1. The van der Waals surface area contributed by atoms with E-state index >= 15 is 0 Å². The molecule has 1 atom stereocenters. The van der Waals surface area contributed by atoms with E-state index in [1.54, 1.807) is 28.6 Å². The van der Waals surface area contributed by atoms with Gasteiger partial charge in [0.1, 0.15) is 0 Å². The van der Waals surface area contributed by atoms with E-state index in [4.69, 9.17) is 0 Å². The van der Waals surface area contributed by atoms with E-state index in [1.165, 1.54) is 0 Å². The Balaban J connectivity index is 0.00000243. The second kappa shape index (κ2) is 8.69. The lowest BCUT2D eigenvalue weighted by Gasteiger charge is -2.32. The minimum atomic E-state index is -3.46. The maximum Gasteiger partial charge on any atom is 0.253 e. The van der Waals surface area contributed by atoms with Crippen molar-refractivity contribution in [3.8, 4) is 0 Å². The standard InChI is InChI=1S/C18H27N3O3S.ClH/c1-14-7-10-21(11-8-14)25(23,24)17-5-3-16(4-6-17)18(22)20-12-9-19-15(2)13-20;/h3-6,14-15,19H,7-13H2,1-2H3;1H. The number of nitrogens with one attached hydrogen (secondary N) is 1. The van der Waals surface area contributed by atoms with Crippen LogP contribution in [0.3, 0.4) is 0 Å². The normalized spacial score (nSPS) is 22.7. The molecule has 0 radical (unpaired) electrons. The van der Waals surface area contributed by atoms with E-state index in [9.17, 15) is 13.2 Å². The van der Waals surface area contributed by atoms with Gasteiger partial charge in [-0.1, -0.05) is 6.92 Å². The number of piperidine rings is 1. The third kappa shape index (κ3) is 4.57. The van der Waals surface area contributed by atoms with Gasteiger partial charge in [-0.2, -0.15) is 4.31 Å². The minimum absolute atomic E-state index is 0. The number of nitrogens with zero attached hydrogens (tertiary/aromatic N) is 2. The molecule has 0 bridgehead atoms. The van der Waals surface area contributed by atoms with Gasteiger partial charge in [0.15, 0.2) is 0 Å². The van der Waals surface area contributed by atoms with Gasteiger partial charge in [0.25, 0.3) is 5.91 Å². The van der Waals surface area contributed by atoms with Crippen molar-refractivity contribution in [2.75, 3.05) is 32.7 Å². The van der Waals surface area contributed by atoms with Crippen LogP contribution in [0.1, 0.15) is 37.0 Å². The van der Waals surface area contributed by atoms with Crippen LogP contribution >= 0.6 is 12.4 Å². The highest BCUT2D eigenvalue weighted by Crippen LogP contribution is 2.24. The Kier molecular flexibility index (Phi) is 7.07. The van der Waals surface area contributed by atoms with Crippen molar-refractivity contribution in [1.82, 2.24) is 14.5 Å². The fourth-order valence-electron chi connectivity index (χ4n) is 3.44. The van der Waals surface area contributed by atoms with Gasteiger partial charge in [0, 0.05) is 44.3 Å². The zero-order valence-electron chi connectivity index (χ0n) is 15.3. The molecule has 146 valence electrons. The molecule has 0 aliphatic carbocycles. The second-order valence-corrected chi connectivity index (χ2v) is 9.16. The highest BCUT2D eigenvalue weighted by molar-refractivity contribution is 7.89. The fraction of sp³-hybridized carbons (Fsp3) is 0.611. The molecule has 1 aromatic carbocycles. The summed E-state index contributed by atoms with van der Waals surface area (Å²) in [5, 5.41) is 3.31. The molecular formula is C18H28ClN3O3S. The average molecular weight is 402 g/mol. The Bertz CT molecular complexity index is 716. The first kappa shape index (κ1) is 21.2. The molecule has 0 saturated carbocycles. The molecule has 1 aromatic rings. The van der Waals surface area contributed by atoms with Crippen LogP contribution in [0, 0.1) is 5.92 Å². The molecule has 0 spiro atoms. The lowest BCUT2D eigenvalue weighted by atomic mass is 10.0. The highest BCUT2D eigenvalue weighted by atomic mass is 35.5. The molecule has 1 unspecified atom stereocenters. The molecule has 2 heterocycles. The van der Waals surface area contributed by atoms with Crippen LogP contribution in [0.15, 0.2) is 29.2 Å². The number of rotatable bonds is 3. The Morgan fingerprint density at radius 1 is 1.08 bits per heavy atom. The van der Waals surface area contributed by atoms with Crippen molar-refractivity contribution in [3.05, 3.63) is 29.8 Å². The average Bonchev–Trinajstić information content (AvgIpc) is 2.61. The van der Waals surface area contributed by atoms with E-state index in [2.05, 4.69) is 19.2 Å². The lowest BCUT2D eigenvalue weighted by molar-refractivity contribution is 0.0709. The number of amides is 1. The van der Waals surface area contributed by atoms with Crippen LogP contribution in [-0.4, -0.2) is 62.3 Å². The largest absolute Gasteiger partial charge is 0.336 e. The summed E-state index contributed by atoms with van der Waals surface area (Å²) >= 11 is 0. The van der Waals surface area contributed by atoms with Gasteiger partial charge in [-0.05, 0) is 49.9 Å². The molecule has 2 aliphatic heterocycles. The Labute approximate surface area is 162 Å². The van der Waals surface area contributed by atoms with E-state index in [-0.39, 0.29) is 29.3 Å². The summed E-state index contributed by atoms with van der Waals surface area (Å²) in [4.78, 5) is 14.7. The van der Waals surface area contributed by atoms with E-state index < -0.39 is 10.0 Å². The topological polar surface area (TPSA) is 69.7 Å². The van der Waals surface area contributed by atoms with Crippen LogP contribution in [0.25, 0.3) is 0 Å². The quantitative estimate of drug-likeness (QED) is 0.840. The van der Waals surface area contributed by atoms with Gasteiger partial charge in [0.05, 0.1) is 4.90 Å². The molecule has 2 fully saturated rings. The maximum absolute atomic E-state index is 12.7. The third-order valence-electron chi connectivity index (χ3n) is 5.14. The van der Waals surface area contributed by atoms with Crippen molar-refractivity contribution in [2.45, 2.75) is 37.6 Å². The number of halogens is 1. The van der Waals surface area contributed by atoms with Crippen molar-refractivity contribution in [1.29, 1.82) is 0 Å². The lowest BCUT2D eigenvalue weighted by Crippen LogP contribution is -2.51. The zero-order chi connectivity index (χ0) is 18.0. The summed E-state index contributed by atoms with van der Waals surface area (Å²) in [7, 11) is -3.46. The van der Waals surface area contributed by atoms with Gasteiger partial charge < -0.3 is 10.2 Å². The number of hydrogen-bond acceptors (Lipinski definition) is 4. The van der Waals surface area contributed by atoms with Gasteiger partial charge >= 0.3 is 0 Å². The van der Waals surface area contributed by atoms with Crippen LogP contribution in [0.4, 0.5) is 0 Å².